The predicted molar refractivity (Wildman–Crippen MR) is 111 cm³/mol. The van der Waals surface area contributed by atoms with Gasteiger partial charge in [0.2, 0.25) is 0 Å². The lowest BCUT2D eigenvalue weighted by Gasteiger charge is -2.10. The number of aromatic nitrogens is 2. The van der Waals surface area contributed by atoms with Crippen LogP contribution in [0.25, 0.3) is 10.9 Å². The van der Waals surface area contributed by atoms with Crippen LogP contribution in [0.4, 0.5) is 0 Å². The summed E-state index contributed by atoms with van der Waals surface area (Å²) in [6, 6.07) is 10.6. The number of benzene rings is 1. The number of carbonyl (C=O) groups is 1. The number of methoxy groups -OCH3 is 1. The van der Waals surface area contributed by atoms with Gasteiger partial charge in [0, 0.05) is 13.3 Å². The van der Waals surface area contributed by atoms with Gasteiger partial charge in [-0.25, -0.2) is 4.79 Å². The highest BCUT2D eigenvalue weighted by Gasteiger charge is 2.13. The number of rotatable bonds is 10. The molecule has 2 heterocycles. The van der Waals surface area contributed by atoms with Gasteiger partial charge < -0.3 is 23.9 Å². The maximum Gasteiger partial charge on any atom is 0.337 e. The molecule has 0 aliphatic rings. The first-order valence-corrected chi connectivity index (χ1v) is 9.52. The van der Waals surface area contributed by atoms with Crippen molar-refractivity contribution in [1.82, 2.24) is 9.55 Å². The average Bonchev–Trinajstić information content (AvgIpc) is 2.73. The molecule has 1 aromatic carbocycles. The van der Waals surface area contributed by atoms with E-state index in [1.807, 2.05) is 24.3 Å². The second-order valence-electron chi connectivity index (χ2n) is 6.71. The molecule has 0 spiro atoms. The fourth-order valence-electron chi connectivity index (χ4n) is 3.00. The van der Waals surface area contributed by atoms with Gasteiger partial charge >= 0.3 is 5.97 Å². The predicted octanol–water partition coefficient (Wildman–Crippen LogP) is 2.49. The van der Waals surface area contributed by atoms with Crippen molar-refractivity contribution >= 4 is 16.9 Å². The topological polar surface area (TPSA) is 99.9 Å². The van der Waals surface area contributed by atoms with E-state index in [1.165, 1.54) is 10.6 Å². The molecule has 0 saturated heterocycles. The molecule has 1 N–H and O–H groups in total. The largest absolute Gasteiger partial charge is 0.491 e. The van der Waals surface area contributed by atoms with Gasteiger partial charge in [-0.2, -0.15) is 0 Å². The van der Waals surface area contributed by atoms with Crippen molar-refractivity contribution in [2.24, 2.45) is 0 Å². The second-order valence-corrected chi connectivity index (χ2v) is 6.71. The molecule has 0 atom stereocenters. The zero-order valence-corrected chi connectivity index (χ0v) is 17.0. The van der Waals surface area contributed by atoms with E-state index in [9.17, 15) is 14.7 Å². The average molecular weight is 412 g/mol. The number of carboxylic acids is 1. The molecule has 0 radical (unpaired) electrons. The zero-order valence-electron chi connectivity index (χ0n) is 17.0. The summed E-state index contributed by atoms with van der Waals surface area (Å²) in [5.74, 6) is -0.387. The number of ether oxygens (including phenoxy) is 3. The van der Waals surface area contributed by atoms with E-state index in [0.717, 1.165) is 5.56 Å². The first-order chi connectivity index (χ1) is 14.5. The summed E-state index contributed by atoms with van der Waals surface area (Å²) in [5.41, 5.74) is 1.53. The van der Waals surface area contributed by atoms with Crippen molar-refractivity contribution in [3.8, 4) is 5.75 Å². The van der Waals surface area contributed by atoms with Gasteiger partial charge in [0.15, 0.2) is 0 Å². The number of pyridine rings is 2. The first kappa shape index (κ1) is 21.5. The Morgan fingerprint density at radius 2 is 1.83 bits per heavy atom. The molecule has 0 aliphatic carbocycles. The Labute approximate surface area is 173 Å². The van der Waals surface area contributed by atoms with E-state index in [1.54, 1.807) is 26.3 Å². The summed E-state index contributed by atoms with van der Waals surface area (Å²) in [4.78, 5) is 28.4. The number of aromatic carboxylic acids is 1. The lowest BCUT2D eigenvalue weighted by molar-refractivity contribution is 0.0544. The molecule has 0 amide bonds. The molecule has 3 aromatic rings. The third kappa shape index (κ3) is 5.22. The van der Waals surface area contributed by atoms with E-state index in [0.29, 0.717) is 49.9 Å². The highest BCUT2D eigenvalue weighted by molar-refractivity contribution is 5.93. The monoisotopic (exact) mass is 412 g/mol. The summed E-state index contributed by atoms with van der Waals surface area (Å²) in [6.45, 7) is 3.96. The molecule has 3 rings (SSSR count). The van der Waals surface area contributed by atoms with E-state index in [2.05, 4.69) is 4.98 Å². The molecule has 30 heavy (non-hydrogen) atoms. The van der Waals surface area contributed by atoms with Crippen LogP contribution < -0.4 is 10.3 Å². The molecule has 158 valence electrons. The molecule has 0 fully saturated rings. The lowest BCUT2D eigenvalue weighted by Crippen LogP contribution is -2.21. The Morgan fingerprint density at radius 1 is 1.10 bits per heavy atom. The lowest BCUT2D eigenvalue weighted by atomic mass is 10.1. The molecule has 0 aliphatic heterocycles. The van der Waals surface area contributed by atoms with Crippen LogP contribution >= 0.6 is 0 Å². The van der Waals surface area contributed by atoms with Crippen LogP contribution in [-0.4, -0.2) is 54.2 Å². The van der Waals surface area contributed by atoms with E-state index < -0.39 is 5.97 Å². The Balaban J connectivity index is 1.68. The third-order valence-electron chi connectivity index (χ3n) is 4.58. The Morgan fingerprint density at radius 3 is 2.53 bits per heavy atom. The summed E-state index contributed by atoms with van der Waals surface area (Å²) in [6.07, 6.45) is 1.67. The Bertz CT molecular complexity index is 1080. The molecular formula is C22H24N2O6. The standard InChI is InChI=1S/C22H24N2O6/c1-15-18(22(26)27)13-19-20(23-15)7-8-24(21(19)25)14-16-3-5-17(6-4-16)30-12-11-29-10-9-28-2/h3-8,13H,9-12,14H2,1-2H3,(H,26,27). The van der Waals surface area contributed by atoms with Crippen molar-refractivity contribution in [2.75, 3.05) is 33.5 Å². The fourth-order valence-corrected chi connectivity index (χ4v) is 3.00. The van der Waals surface area contributed by atoms with Gasteiger partial charge in [0.05, 0.1) is 48.5 Å². The highest BCUT2D eigenvalue weighted by atomic mass is 16.5. The normalized spacial score (nSPS) is 11.0. The van der Waals surface area contributed by atoms with Crippen LogP contribution in [0.2, 0.25) is 0 Å². The summed E-state index contributed by atoms with van der Waals surface area (Å²) < 4.78 is 17.4. The summed E-state index contributed by atoms with van der Waals surface area (Å²) >= 11 is 0. The van der Waals surface area contributed by atoms with Gasteiger partial charge in [-0.05, 0) is 36.8 Å². The maximum absolute atomic E-state index is 12.8. The molecule has 8 heteroatoms. The van der Waals surface area contributed by atoms with Gasteiger partial charge in [0.1, 0.15) is 12.4 Å². The van der Waals surface area contributed by atoms with Gasteiger partial charge in [-0.15, -0.1) is 0 Å². The number of aryl methyl sites for hydroxylation is 1. The quantitative estimate of drug-likeness (QED) is 0.511. The second kappa shape index (κ2) is 10.00. The van der Waals surface area contributed by atoms with Crippen molar-refractivity contribution in [1.29, 1.82) is 0 Å². The van der Waals surface area contributed by atoms with Crippen LogP contribution in [-0.2, 0) is 16.0 Å². The van der Waals surface area contributed by atoms with Crippen molar-refractivity contribution in [2.45, 2.75) is 13.5 Å². The van der Waals surface area contributed by atoms with Gasteiger partial charge in [-0.3, -0.25) is 9.78 Å². The molecule has 0 saturated carbocycles. The maximum atomic E-state index is 12.8. The summed E-state index contributed by atoms with van der Waals surface area (Å²) in [7, 11) is 1.62. The molecule has 0 unspecified atom stereocenters. The zero-order chi connectivity index (χ0) is 21.5. The minimum absolute atomic E-state index is 0.0325. The van der Waals surface area contributed by atoms with Crippen LogP contribution in [0.5, 0.6) is 5.75 Å². The number of hydrogen-bond donors (Lipinski definition) is 1. The number of nitrogens with zero attached hydrogens (tertiary/aromatic N) is 2. The summed E-state index contributed by atoms with van der Waals surface area (Å²) in [5, 5.41) is 9.57. The SMILES string of the molecule is COCCOCCOc1ccc(Cn2ccc3nc(C)c(C(=O)O)cc3c2=O)cc1. The van der Waals surface area contributed by atoms with Crippen LogP contribution in [0.15, 0.2) is 47.4 Å². The fraction of sp³-hybridized carbons (Fsp3) is 0.318. The van der Waals surface area contributed by atoms with E-state index in [-0.39, 0.29) is 16.5 Å². The number of carboxylic acid groups (broad SMARTS) is 1. The Kier molecular flexibility index (Phi) is 7.16. The van der Waals surface area contributed by atoms with E-state index in [4.69, 9.17) is 14.2 Å². The van der Waals surface area contributed by atoms with Crippen LogP contribution in [0.3, 0.4) is 0 Å². The van der Waals surface area contributed by atoms with Crippen molar-refractivity contribution in [3.05, 3.63) is 69.8 Å². The smallest absolute Gasteiger partial charge is 0.337 e. The minimum atomic E-state index is -1.10. The van der Waals surface area contributed by atoms with Gasteiger partial charge in [0.25, 0.3) is 5.56 Å². The molecule has 0 bridgehead atoms. The van der Waals surface area contributed by atoms with E-state index >= 15 is 0 Å². The molecular weight excluding hydrogens is 388 g/mol. The van der Waals surface area contributed by atoms with Crippen LogP contribution in [0.1, 0.15) is 21.6 Å². The first-order valence-electron chi connectivity index (χ1n) is 9.52. The number of fused-ring (bicyclic) bond motifs is 1. The van der Waals surface area contributed by atoms with Gasteiger partial charge in [-0.1, -0.05) is 12.1 Å². The molecule has 8 nitrogen and oxygen atoms in total. The van der Waals surface area contributed by atoms with Crippen molar-refractivity contribution < 1.29 is 24.1 Å². The molecule has 2 aromatic heterocycles. The highest BCUT2D eigenvalue weighted by Crippen LogP contribution is 2.15. The number of hydrogen-bond acceptors (Lipinski definition) is 6. The Hall–Kier alpha value is -3.23. The minimum Gasteiger partial charge on any atom is -0.491 e. The third-order valence-corrected chi connectivity index (χ3v) is 4.58. The van der Waals surface area contributed by atoms with Crippen LogP contribution in [0, 0.1) is 6.92 Å². The van der Waals surface area contributed by atoms with Crippen molar-refractivity contribution in [3.63, 3.8) is 0 Å².